The summed E-state index contributed by atoms with van der Waals surface area (Å²) in [4.78, 5) is 12.3. The molecule has 1 N–H and O–H groups in total. The predicted molar refractivity (Wildman–Crippen MR) is 94.9 cm³/mol. The molecular weight excluding hydrogens is 366 g/mol. The first-order valence-electron chi connectivity index (χ1n) is 7.49. The summed E-state index contributed by atoms with van der Waals surface area (Å²) >= 11 is 0. The van der Waals surface area contributed by atoms with Crippen LogP contribution in [0.5, 0.6) is 5.75 Å². The summed E-state index contributed by atoms with van der Waals surface area (Å²) < 4.78 is 57.5. The fourth-order valence-electron chi connectivity index (χ4n) is 2.33. The Hall–Kier alpha value is -2.68. The van der Waals surface area contributed by atoms with E-state index in [-0.39, 0.29) is 0 Å². The van der Waals surface area contributed by atoms with E-state index in [2.05, 4.69) is 5.32 Å². The number of benzene rings is 2. The molecule has 0 spiro atoms. The number of hydrogen-bond acceptors (Lipinski definition) is 4. The maximum atomic E-state index is 14.0. The largest absolute Gasteiger partial charge is 0.495 e. The number of aryl methyl sites for hydroxylation is 1. The Morgan fingerprint density at radius 3 is 2.35 bits per heavy atom. The van der Waals surface area contributed by atoms with Crippen LogP contribution in [0, 0.1) is 18.6 Å². The fraction of sp³-hybridized carbons (Fsp3) is 0.235. The smallest absolute Gasteiger partial charge is 0.245 e. The monoisotopic (exact) mass is 384 g/mol. The van der Waals surface area contributed by atoms with Gasteiger partial charge in [-0.3, -0.25) is 9.10 Å². The van der Waals surface area contributed by atoms with Crippen molar-refractivity contribution in [2.24, 2.45) is 0 Å². The van der Waals surface area contributed by atoms with Gasteiger partial charge in [0.25, 0.3) is 0 Å². The number of anilines is 2. The van der Waals surface area contributed by atoms with E-state index in [1.54, 1.807) is 25.1 Å². The fourth-order valence-corrected chi connectivity index (χ4v) is 3.19. The zero-order chi connectivity index (χ0) is 19.5. The highest BCUT2D eigenvalue weighted by Gasteiger charge is 2.27. The van der Waals surface area contributed by atoms with Crippen LogP contribution in [0.15, 0.2) is 36.4 Å². The zero-order valence-corrected chi connectivity index (χ0v) is 15.2. The van der Waals surface area contributed by atoms with E-state index in [9.17, 15) is 22.0 Å². The zero-order valence-electron chi connectivity index (χ0n) is 14.4. The van der Waals surface area contributed by atoms with Crippen molar-refractivity contribution in [2.75, 3.05) is 29.5 Å². The van der Waals surface area contributed by atoms with Crippen LogP contribution in [0.1, 0.15) is 5.56 Å². The normalized spacial score (nSPS) is 11.1. The van der Waals surface area contributed by atoms with E-state index >= 15 is 0 Å². The molecule has 0 aliphatic heterocycles. The standard InChI is InChI=1S/C17H18F2N2O4S/c1-11-7-8-15(25-2)14(9-11)20-16(22)10-21(26(3,23)24)17-12(18)5-4-6-13(17)19/h4-9H,10H2,1-3H3,(H,20,22). The summed E-state index contributed by atoms with van der Waals surface area (Å²) in [6, 6.07) is 7.97. The molecule has 0 bridgehead atoms. The molecule has 2 aromatic carbocycles. The number of amides is 1. The second kappa shape index (κ2) is 7.69. The maximum absolute atomic E-state index is 14.0. The summed E-state index contributed by atoms with van der Waals surface area (Å²) in [5, 5.41) is 2.50. The number of hydrogen-bond donors (Lipinski definition) is 1. The van der Waals surface area contributed by atoms with Gasteiger partial charge in [-0.15, -0.1) is 0 Å². The number of carbonyl (C=O) groups is 1. The lowest BCUT2D eigenvalue weighted by Crippen LogP contribution is -2.38. The lowest BCUT2D eigenvalue weighted by Gasteiger charge is -2.23. The molecule has 0 unspecified atom stereocenters. The Morgan fingerprint density at radius 1 is 1.19 bits per heavy atom. The number of nitrogens with zero attached hydrogens (tertiary/aromatic N) is 1. The van der Waals surface area contributed by atoms with Crippen LogP contribution in [0.3, 0.4) is 0 Å². The van der Waals surface area contributed by atoms with Gasteiger partial charge in [0.15, 0.2) is 11.6 Å². The van der Waals surface area contributed by atoms with Gasteiger partial charge >= 0.3 is 0 Å². The number of nitrogens with one attached hydrogen (secondary N) is 1. The van der Waals surface area contributed by atoms with E-state index in [1.165, 1.54) is 7.11 Å². The van der Waals surface area contributed by atoms with Gasteiger partial charge in [0.1, 0.15) is 18.0 Å². The quantitative estimate of drug-likeness (QED) is 0.831. The van der Waals surface area contributed by atoms with Gasteiger partial charge < -0.3 is 10.1 Å². The van der Waals surface area contributed by atoms with Crippen molar-refractivity contribution in [3.63, 3.8) is 0 Å². The van der Waals surface area contributed by atoms with Gasteiger partial charge in [-0.1, -0.05) is 12.1 Å². The number of rotatable bonds is 6. The lowest BCUT2D eigenvalue weighted by molar-refractivity contribution is -0.114. The molecule has 2 aromatic rings. The third kappa shape index (κ3) is 4.48. The number of halogens is 2. The number of methoxy groups -OCH3 is 1. The van der Waals surface area contributed by atoms with Gasteiger partial charge in [0, 0.05) is 0 Å². The van der Waals surface area contributed by atoms with Crippen molar-refractivity contribution in [1.29, 1.82) is 0 Å². The van der Waals surface area contributed by atoms with E-state index in [0.717, 1.165) is 30.0 Å². The minimum atomic E-state index is -4.11. The van der Waals surface area contributed by atoms with Gasteiger partial charge in [0.2, 0.25) is 15.9 Å². The topological polar surface area (TPSA) is 75.7 Å². The molecule has 2 rings (SSSR count). The first-order chi connectivity index (χ1) is 12.1. The van der Waals surface area contributed by atoms with Crippen LogP contribution in [0.4, 0.5) is 20.2 Å². The molecule has 0 atom stereocenters. The minimum absolute atomic E-state index is 0.319. The van der Waals surface area contributed by atoms with Crippen molar-refractivity contribution in [2.45, 2.75) is 6.92 Å². The van der Waals surface area contributed by atoms with Crippen LogP contribution >= 0.6 is 0 Å². The lowest BCUT2D eigenvalue weighted by atomic mass is 10.2. The first-order valence-corrected chi connectivity index (χ1v) is 9.34. The molecule has 0 saturated carbocycles. The molecule has 1 amide bonds. The number of ether oxygens (including phenoxy) is 1. The molecule has 0 saturated heterocycles. The van der Waals surface area contributed by atoms with E-state index in [0.29, 0.717) is 15.7 Å². The third-order valence-electron chi connectivity index (χ3n) is 3.50. The van der Waals surface area contributed by atoms with Crippen molar-refractivity contribution < 1.29 is 26.7 Å². The molecule has 9 heteroatoms. The molecule has 26 heavy (non-hydrogen) atoms. The second-order valence-corrected chi connectivity index (χ2v) is 7.50. The van der Waals surface area contributed by atoms with Crippen LogP contribution in [-0.2, 0) is 14.8 Å². The first kappa shape index (κ1) is 19.6. The van der Waals surface area contributed by atoms with Crippen LogP contribution in [0.25, 0.3) is 0 Å². The molecule has 0 aliphatic rings. The SMILES string of the molecule is COc1ccc(C)cc1NC(=O)CN(c1c(F)cccc1F)S(C)(=O)=O. The summed E-state index contributed by atoms with van der Waals surface area (Å²) in [5.41, 5.74) is 0.350. The molecule has 140 valence electrons. The summed E-state index contributed by atoms with van der Waals surface area (Å²) in [6.07, 6.45) is 0.763. The Morgan fingerprint density at radius 2 is 1.81 bits per heavy atom. The summed E-state index contributed by atoms with van der Waals surface area (Å²) in [5.74, 6) is -2.58. The highest BCUT2D eigenvalue weighted by Crippen LogP contribution is 2.27. The van der Waals surface area contributed by atoms with Gasteiger partial charge in [-0.25, -0.2) is 17.2 Å². The van der Waals surface area contributed by atoms with Gasteiger partial charge in [-0.05, 0) is 36.8 Å². The Labute approximate surface area is 150 Å². The predicted octanol–water partition coefficient (Wildman–Crippen LogP) is 2.69. The average Bonchev–Trinajstić information content (AvgIpc) is 2.53. The van der Waals surface area contributed by atoms with Crippen LogP contribution in [-0.4, -0.2) is 34.2 Å². The van der Waals surface area contributed by atoms with Gasteiger partial charge in [-0.2, -0.15) is 0 Å². The highest BCUT2D eigenvalue weighted by molar-refractivity contribution is 7.92. The van der Waals surface area contributed by atoms with E-state index in [4.69, 9.17) is 4.74 Å². The summed E-state index contributed by atoms with van der Waals surface area (Å²) in [6.45, 7) is 1.00. The molecule has 0 heterocycles. The second-order valence-electron chi connectivity index (χ2n) is 5.59. The average molecular weight is 384 g/mol. The third-order valence-corrected chi connectivity index (χ3v) is 4.62. The van der Waals surface area contributed by atoms with Crippen molar-refractivity contribution >= 4 is 27.3 Å². The minimum Gasteiger partial charge on any atom is -0.495 e. The molecule has 0 aromatic heterocycles. The van der Waals surface area contributed by atoms with E-state index < -0.39 is 39.8 Å². The summed E-state index contributed by atoms with van der Waals surface area (Å²) in [7, 11) is -2.70. The Bertz CT molecular complexity index is 912. The van der Waals surface area contributed by atoms with Crippen molar-refractivity contribution in [3.05, 3.63) is 53.6 Å². The maximum Gasteiger partial charge on any atom is 0.245 e. The number of carbonyl (C=O) groups excluding carboxylic acids is 1. The molecule has 6 nitrogen and oxygen atoms in total. The number of sulfonamides is 1. The van der Waals surface area contributed by atoms with Crippen molar-refractivity contribution in [1.82, 2.24) is 0 Å². The molecule has 0 radical (unpaired) electrons. The van der Waals surface area contributed by atoms with E-state index in [1.807, 2.05) is 0 Å². The van der Waals surface area contributed by atoms with Crippen LogP contribution < -0.4 is 14.4 Å². The van der Waals surface area contributed by atoms with Crippen molar-refractivity contribution in [3.8, 4) is 5.75 Å². The number of para-hydroxylation sites is 1. The van der Waals surface area contributed by atoms with Crippen LogP contribution in [0.2, 0.25) is 0 Å². The molecule has 0 aliphatic carbocycles. The Kier molecular flexibility index (Phi) is 5.81. The molecular formula is C17H18F2N2O4S. The molecule has 0 fully saturated rings. The van der Waals surface area contributed by atoms with Gasteiger partial charge in [0.05, 0.1) is 19.1 Å². The highest BCUT2D eigenvalue weighted by atomic mass is 32.2. The Balaban J connectivity index is 2.33.